The first-order valence-electron chi connectivity index (χ1n) is 8.01. The van der Waals surface area contributed by atoms with Gasteiger partial charge in [0.05, 0.1) is 12.2 Å². The Morgan fingerprint density at radius 3 is 2.13 bits per heavy atom. The summed E-state index contributed by atoms with van der Waals surface area (Å²) in [6.45, 7) is 5.05. The standard InChI is InChI=1S/C18H23N3O2/c1-12-4-3-5-13(2)15(12)7-6-14-8-19-18(20-9-14)21-10-16(22)17(23)11-21/h3-5,8-9,16-17,22-23H,6-7,10-11H2,1-2H3/t16-,17+. The zero-order valence-electron chi connectivity index (χ0n) is 13.6. The lowest BCUT2D eigenvalue weighted by atomic mass is 9.97. The maximum Gasteiger partial charge on any atom is 0.225 e. The maximum absolute atomic E-state index is 9.60. The van der Waals surface area contributed by atoms with Crippen LogP contribution < -0.4 is 4.90 Å². The van der Waals surface area contributed by atoms with Crippen LogP contribution in [0, 0.1) is 13.8 Å². The monoisotopic (exact) mass is 313 g/mol. The van der Waals surface area contributed by atoms with Gasteiger partial charge in [-0.05, 0) is 48.9 Å². The highest BCUT2D eigenvalue weighted by Crippen LogP contribution is 2.18. The predicted octanol–water partition coefficient (Wildman–Crippen LogP) is 1.42. The summed E-state index contributed by atoms with van der Waals surface area (Å²) >= 11 is 0. The van der Waals surface area contributed by atoms with E-state index in [1.807, 2.05) is 17.3 Å². The first kappa shape index (κ1) is 15.9. The minimum atomic E-state index is -0.720. The molecule has 1 aliphatic heterocycles. The molecule has 3 rings (SSSR count). The molecule has 0 aliphatic carbocycles. The van der Waals surface area contributed by atoms with Crippen LogP contribution in [0.15, 0.2) is 30.6 Å². The molecule has 0 saturated carbocycles. The summed E-state index contributed by atoms with van der Waals surface area (Å²) in [4.78, 5) is 10.6. The minimum absolute atomic E-state index is 0.378. The molecule has 5 nitrogen and oxygen atoms in total. The number of anilines is 1. The zero-order valence-corrected chi connectivity index (χ0v) is 13.6. The van der Waals surface area contributed by atoms with Gasteiger partial charge < -0.3 is 15.1 Å². The first-order chi connectivity index (χ1) is 11.0. The normalized spacial score (nSPS) is 21.0. The summed E-state index contributed by atoms with van der Waals surface area (Å²) in [5.74, 6) is 0.566. The van der Waals surface area contributed by atoms with Gasteiger partial charge in [0, 0.05) is 25.5 Å². The second-order valence-electron chi connectivity index (χ2n) is 6.30. The van der Waals surface area contributed by atoms with E-state index in [4.69, 9.17) is 0 Å². The Bertz CT molecular complexity index is 642. The van der Waals surface area contributed by atoms with E-state index in [0.29, 0.717) is 19.0 Å². The third-order valence-electron chi connectivity index (χ3n) is 4.54. The Morgan fingerprint density at radius 1 is 1.00 bits per heavy atom. The molecule has 2 aromatic rings. The summed E-state index contributed by atoms with van der Waals surface area (Å²) in [7, 11) is 0. The Kier molecular flexibility index (Phi) is 4.59. The lowest BCUT2D eigenvalue weighted by Crippen LogP contribution is -2.23. The molecular weight excluding hydrogens is 290 g/mol. The third-order valence-corrected chi connectivity index (χ3v) is 4.54. The van der Waals surface area contributed by atoms with Crippen molar-refractivity contribution in [1.29, 1.82) is 0 Å². The van der Waals surface area contributed by atoms with Gasteiger partial charge in [0.1, 0.15) is 0 Å². The zero-order chi connectivity index (χ0) is 16.4. The molecular formula is C18H23N3O2. The van der Waals surface area contributed by atoms with Crippen LogP contribution in [0.3, 0.4) is 0 Å². The lowest BCUT2D eigenvalue weighted by molar-refractivity contribution is 0.0572. The molecule has 1 saturated heterocycles. The highest BCUT2D eigenvalue weighted by atomic mass is 16.3. The van der Waals surface area contributed by atoms with Gasteiger partial charge in [-0.2, -0.15) is 0 Å². The molecule has 2 heterocycles. The summed E-state index contributed by atoms with van der Waals surface area (Å²) < 4.78 is 0. The molecule has 1 fully saturated rings. The van der Waals surface area contributed by atoms with E-state index in [-0.39, 0.29) is 0 Å². The van der Waals surface area contributed by atoms with Crippen LogP contribution in [-0.2, 0) is 12.8 Å². The molecule has 1 aromatic carbocycles. The number of hydrogen-bond acceptors (Lipinski definition) is 5. The van der Waals surface area contributed by atoms with Crippen molar-refractivity contribution >= 4 is 5.95 Å². The first-order valence-corrected chi connectivity index (χ1v) is 8.01. The van der Waals surface area contributed by atoms with Crippen LogP contribution in [-0.4, -0.2) is 45.5 Å². The fourth-order valence-electron chi connectivity index (χ4n) is 3.09. The number of aryl methyl sites for hydroxylation is 3. The van der Waals surface area contributed by atoms with Gasteiger partial charge in [0.2, 0.25) is 5.95 Å². The Labute approximate surface area is 136 Å². The molecule has 0 bridgehead atoms. The second-order valence-corrected chi connectivity index (χ2v) is 6.30. The highest BCUT2D eigenvalue weighted by molar-refractivity contribution is 5.35. The third kappa shape index (κ3) is 3.51. The van der Waals surface area contributed by atoms with E-state index in [1.165, 1.54) is 16.7 Å². The van der Waals surface area contributed by atoms with E-state index in [0.717, 1.165) is 18.4 Å². The SMILES string of the molecule is Cc1cccc(C)c1CCc1cnc(N2C[C@@H](O)[C@@H](O)C2)nc1. The van der Waals surface area contributed by atoms with Crippen molar-refractivity contribution < 1.29 is 10.2 Å². The van der Waals surface area contributed by atoms with E-state index in [2.05, 4.69) is 42.0 Å². The van der Waals surface area contributed by atoms with Gasteiger partial charge in [-0.15, -0.1) is 0 Å². The van der Waals surface area contributed by atoms with E-state index >= 15 is 0 Å². The van der Waals surface area contributed by atoms with Gasteiger partial charge in [0.15, 0.2) is 0 Å². The van der Waals surface area contributed by atoms with E-state index in [1.54, 1.807) is 0 Å². The van der Waals surface area contributed by atoms with Crippen molar-refractivity contribution in [1.82, 2.24) is 9.97 Å². The maximum atomic E-state index is 9.60. The lowest BCUT2D eigenvalue weighted by Gasteiger charge is -2.15. The average Bonchev–Trinajstić information content (AvgIpc) is 2.87. The Hall–Kier alpha value is -1.98. The van der Waals surface area contributed by atoms with Crippen LogP contribution in [0.25, 0.3) is 0 Å². The van der Waals surface area contributed by atoms with E-state index in [9.17, 15) is 10.2 Å². The predicted molar refractivity (Wildman–Crippen MR) is 89.6 cm³/mol. The minimum Gasteiger partial charge on any atom is -0.388 e. The molecule has 5 heteroatoms. The van der Waals surface area contributed by atoms with E-state index < -0.39 is 12.2 Å². The summed E-state index contributed by atoms with van der Waals surface area (Å²) in [6.07, 6.45) is 4.12. The molecule has 122 valence electrons. The van der Waals surface area contributed by atoms with Crippen molar-refractivity contribution in [2.24, 2.45) is 0 Å². The number of β-amino-alcohol motifs (C(OH)–C–C–N with tert-alkyl or cyclic N) is 2. The van der Waals surface area contributed by atoms with Crippen LogP contribution in [0.1, 0.15) is 22.3 Å². The van der Waals surface area contributed by atoms with Crippen LogP contribution in [0.5, 0.6) is 0 Å². The smallest absolute Gasteiger partial charge is 0.225 e. The number of rotatable bonds is 4. The second kappa shape index (κ2) is 6.64. The molecule has 0 amide bonds. The number of benzene rings is 1. The molecule has 23 heavy (non-hydrogen) atoms. The van der Waals surface area contributed by atoms with Crippen LogP contribution in [0.4, 0.5) is 5.95 Å². The number of nitrogens with zero attached hydrogens (tertiary/aromatic N) is 3. The van der Waals surface area contributed by atoms with Gasteiger partial charge in [-0.1, -0.05) is 18.2 Å². The fraction of sp³-hybridized carbons (Fsp3) is 0.444. The van der Waals surface area contributed by atoms with Crippen LogP contribution >= 0.6 is 0 Å². The van der Waals surface area contributed by atoms with Crippen molar-refractivity contribution in [2.75, 3.05) is 18.0 Å². The summed E-state index contributed by atoms with van der Waals surface area (Å²) in [6, 6.07) is 6.38. The highest BCUT2D eigenvalue weighted by Gasteiger charge is 2.30. The molecule has 1 aliphatic rings. The summed E-state index contributed by atoms with van der Waals surface area (Å²) in [5.41, 5.74) is 5.13. The molecule has 2 N–H and O–H groups in total. The van der Waals surface area contributed by atoms with Gasteiger partial charge in [-0.25, -0.2) is 9.97 Å². The van der Waals surface area contributed by atoms with Gasteiger partial charge >= 0.3 is 0 Å². The summed E-state index contributed by atoms with van der Waals surface area (Å²) in [5, 5.41) is 19.2. The van der Waals surface area contributed by atoms with Gasteiger partial charge in [-0.3, -0.25) is 0 Å². The topological polar surface area (TPSA) is 69.5 Å². The number of aromatic nitrogens is 2. The number of aliphatic hydroxyl groups excluding tert-OH is 2. The van der Waals surface area contributed by atoms with Crippen molar-refractivity contribution in [3.05, 3.63) is 52.8 Å². The number of aliphatic hydroxyl groups is 2. The Morgan fingerprint density at radius 2 is 1.57 bits per heavy atom. The number of hydrogen-bond donors (Lipinski definition) is 2. The van der Waals surface area contributed by atoms with Crippen molar-refractivity contribution in [3.8, 4) is 0 Å². The largest absolute Gasteiger partial charge is 0.388 e. The fourth-order valence-corrected chi connectivity index (χ4v) is 3.09. The van der Waals surface area contributed by atoms with Crippen molar-refractivity contribution in [3.63, 3.8) is 0 Å². The molecule has 2 atom stereocenters. The molecule has 1 aromatic heterocycles. The molecule has 0 unspecified atom stereocenters. The average molecular weight is 313 g/mol. The molecule has 0 spiro atoms. The van der Waals surface area contributed by atoms with Gasteiger partial charge in [0.25, 0.3) is 0 Å². The van der Waals surface area contributed by atoms with Crippen LogP contribution in [0.2, 0.25) is 0 Å². The van der Waals surface area contributed by atoms with Crippen molar-refractivity contribution in [2.45, 2.75) is 38.9 Å². The molecule has 0 radical (unpaired) electrons. The quantitative estimate of drug-likeness (QED) is 0.893. The Balaban J connectivity index is 1.64.